The fraction of sp³-hybridized carbons (Fsp3) is 0.621. The molecule has 0 radical (unpaired) electrons. The van der Waals surface area contributed by atoms with Crippen molar-refractivity contribution in [2.45, 2.75) is 58.3 Å². The molecule has 0 saturated carbocycles. The monoisotopic (exact) mass is 588 g/mol. The standard InChI is InChI=1S/C29H44N6O7/c1-18(2)25-28(39)30-19(3)17-42-23-9-7-6-8-21(23)27(38)32-22(16-24(36)31-20(4)26(37)33-25)29(40)35-12-10-34(11-13-35)14-15-41-5/h6-9,18-20,22,25H,10-17H2,1-5H3,(H,30,39)(H,31,36)(H,32,38)(H,33,37)/t19-,20-,22-,25+/m0/s1. The summed E-state index contributed by atoms with van der Waals surface area (Å²) in [5.74, 6) is -2.46. The number of ether oxygens (including phenoxy) is 2. The molecule has 2 heterocycles. The van der Waals surface area contributed by atoms with Crippen LogP contribution in [0.15, 0.2) is 24.3 Å². The first kappa shape index (κ1) is 32.8. The molecule has 4 atom stereocenters. The van der Waals surface area contributed by atoms with Crippen molar-refractivity contribution in [3.05, 3.63) is 29.8 Å². The highest BCUT2D eigenvalue weighted by Gasteiger charge is 2.33. The Morgan fingerprint density at radius 3 is 2.33 bits per heavy atom. The molecular formula is C29H44N6O7. The van der Waals surface area contributed by atoms with Crippen LogP contribution in [0.3, 0.4) is 0 Å². The van der Waals surface area contributed by atoms with E-state index in [0.717, 1.165) is 6.54 Å². The van der Waals surface area contributed by atoms with Gasteiger partial charge >= 0.3 is 0 Å². The molecule has 1 saturated heterocycles. The maximum Gasteiger partial charge on any atom is 0.255 e. The Balaban J connectivity index is 1.86. The molecule has 42 heavy (non-hydrogen) atoms. The number of fused-ring (bicyclic) bond motifs is 1. The zero-order valence-electron chi connectivity index (χ0n) is 25.1. The second kappa shape index (κ2) is 15.5. The van der Waals surface area contributed by atoms with Gasteiger partial charge in [-0.2, -0.15) is 0 Å². The lowest BCUT2D eigenvalue weighted by Gasteiger charge is -2.36. The number of hydrogen-bond donors (Lipinski definition) is 4. The molecule has 2 aliphatic heterocycles. The zero-order chi connectivity index (χ0) is 30.8. The first-order valence-electron chi connectivity index (χ1n) is 14.4. The number of carbonyl (C=O) groups is 5. The van der Waals surface area contributed by atoms with Gasteiger partial charge in [0.2, 0.25) is 23.6 Å². The minimum Gasteiger partial charge on any atom is -0.491 e. The minimum absolute atomic E-state index is 0.0565. The van der Waals surface area contributed by atoms with Gasteiger partial charge in [-0.15, -0.1) is 0 Å². The summed E-state index contributed by atoms with van der Waals surface area (Å²) < 4.78 is 11.0. The molecule has 1 fully saturated rings. The molecule has 1 aromatic carbocycles. The number of carbonyl (C=O) groups excluding carboxylic acids is 5. The second-order valence-corrected chi connectivity index (χ2v) is 11.1. The molecule has 13 nitrogen and oxygen atoms in total. The largest absolute Gasteiger partial charge is 0.491 e. The van der Waals surface area contributed by atoms with Crippen molar-refractivity contribution in [2.75, 3.05) is 53.0 Å². The quantitative estimate of drug-likeness (QED) is 0.359. The van der Waals surface area contributed by atoms with E-state index in [0.29, 0.717) is 32.8 Å². The summed E-state index contributed by atoms with van der Waals surface area (Å²) in [4.78, 5) is 69.9. The van der Waals surface area contributed by atoms with Gasteiger partial charge in [0.25, 0.3) is 5.91 Å². The third-order valence-electron chi connectivity index (χ3n) is 7.32. The Hall–Kier alpha value is -3.71. The summed E-state index contributed by atoms with van der Waals surface area (Å²) >= 11 is 0. The number of amides is 5. The average molecular weight is 589 g/mol. The van der Waals surface area contributed by atoms with Crippen LogP contribution in [0.4, 0.5) is 0 Å². The van der Waals surface area contributed by atoms with E-state index in [-0.39, 0.29) is 36.2 Å². The predicted octanol–water partition coefficient (Wildman–Crippen LogP) is -0.492. The van der Waals surface area contributed by atoms with Crippen LogP contribution < -0.4 is 26.0 Å². The summed E-state index contributed by atoms with van der Waals surface area (Å²) in [6.07, 6.45) is -0.375. The van der Waals surface area contributed by atoms with Gasteiger partial charge in [-0.3, -0.25) is 28.9 Å². The van der Waals surface area contributed by atoms with E-state index < -0.39 is 47.8 Å². The summed E-state index contributed by atoms with van der Waals surface area (Å²) in [6, 6.07) is 3.12. The first-order chi connectivity index (χ1) is 20.0. The van der Waals surface area contributed by atoms with Crippen molar-refractivity contribution in [1.82, 2.24) is 31.1 Å². The topological polar surface area (TPSA) is 158 Å². The summed E-state index contributed by atoms with van der Waals surface area (Å²) in [7, 11) is 1.64. The van der Waals surface area contributed by atoms with Crippen molar-refractivity contribution < 1.29 is 33.4 Å². The maximum atomic E-state index is 13.6. The van der Waals surface area contributed by atoms with Crippen LogP contribution in [0, 0.1) is 5.92 Å². The lowest BCUT2D eigenvalue weighted by atomic mass is 10.0. The Morgan fingerprint density at radius 2 is 1.67 bits per heavy atom. The highest BCUT2D eigenvalue weighted by atomic mass is 16.5. The Bertz CT molecular complexity index is 1120. The predicted molar refractivity (Wildman–Crippen MR) is 155 cm³/mol. The molecule has 0 spiro atoms. The molecule has 0 aromatic heterocycles. The summed E-state index contributed by atoms with van der Waals surface area (Å²) in [6.45, 7) is 10.4. The second-order valence-electron chi connectivity index (χ2n) is 11.1. The van der Waals surface area contributed by atoms with Gasteiger partial charge in [0.15, 0.2) is 0 Å². The lowest BCUT2D eigenvalue weighted by molar-refractivity contribution is -0.138. The van der Waals surface area contributed by atoms with E-state index in [1.165, 1.54) is 6.92 Å². The van der Waals surface area contributed by atoms with Gasteiger partial charge in [-0.25, -0.2) is 0 Å². The Morgan fingerprint density at radius 1 is 0.976 bits per heavy atom. The number of hydrogen-bond acceptors (Lipinski definition) is 8. The van der Waals surface area contributed by atoms with Gasteiger partial charge in [0.05, 0.1) is 24.6 Å². The molecular weight excluding hydrogens is 544 g/mol. The highest BCUT2D eigenvalue weighted by Crippen LogP contribution is 2.19. The van der Waals surface area contributed by atoms with Crippen LogP contribution in [-0.2, 0) is 23.9 Å². The Labute approximate surface area is 247 Å². The summed E-state index contributed by atoms with van der Waals surface area (Å²) in [5, 5.41) is 10.9. The zero-order valence-corrected chi connectivity index (χ0v) is 25.1. The van der Waals surface area contributed by atoms with Crippen LogP contribution in [0.2, 0.25) is 0 Å². The number of methoxy groups -OCH3 is 1. The minimum atomic E-state index is -1.17. The molecule has 4 N–H and O–H groups in total. The molecule has 13 heteroatoms. The fourth-order valence-electron chi connectivity index (χ4n) is 4.80. The van der Waals surface area contributed by atoms with E-state index in [4.69, 9.17) is 9.47 Å². The first-order valence-corrected chi connectivity index (χ1v) is 14.4. The van der Waals surface area contributed by atoms with Crippen LogP contribution >= 0.6 is 0 Å². The number of benzene rings is 1. The van der Waals surface area contributed by atoms with Crippen molar-refractivity contribution in [3.63, 3.8) is 0 Å². The number of rotatable bonds is 5. The third kappa shape index (κ3) is 9.15. The molecule has 0 bridgehead atoms. The summed E-state index contributed by atoms with van der Waals surface area (Å²) in [5.41, 5.74) is 0.188. The number of nitrogens with zero attached hydrogens (tertiary/aromatic N) is 2. The van der Waals surface area contributed by atoms with Gasteiger partial charge in [-0.05, 0) is 31.9 Å². The SMILES string of the molecule is COCCN1CCN(C(=O)[C@@H]2CC(=O)N[C@@H](C)C(=O)N[C@H](C(C)C)C(=O)N[C@@H](C)COc3ccccc3C(=O)N2)CC1. The van der Waals surface area contributed by atoms with Crippen LogP contribution in [-0.4, -0.2) is 117 Å². The smallest absolute Gasteiger partial charge is 0.255 e. The number of nitrogens with one attached hydrogen (secondary N) is 4. The van der Waals surface area contributed by atoms with E-state index in [1.807, 2.05) is 0 Å². The van der Waals surface area contributed by atoms with Crippen LogP contribution in [0.1, 0.15) is 44.5 Å². The van der Waals surface area contributed by atoms with Gasteiger partial charge < -0.3 is 35.6 Å². The van der Waals surface area contributed by atoms with Crippen molar-refractivity contribution in [2.24, 2.45) is 5.92 Å². The number of piperazine rings is 1. The Kier molecular flexibility index (Phi) is 12.1. The molecule has 2 aliphatic rings. The van der Waals surface area contributed by atoms with Gasteiger partial charge in [-0.1, -0.05) is 26.0 Å². The maximum absolute atomic E-state index is 13.6. The van der Waals surface area contributed by atoms with E-state index >= 15 is 0 Å². The normalized spacial score (nSPS) is 25.3. The molecule has 0 unspecified atom stereocenters. The molecule has 3 rings (SSSR count). The fourth-order valence-corrected chi connectivity index (χ4v) is 4.80. The lowest BCUT2D eigenvalue weighted by Crippen LogP contribution is -2.57. The van der Waals surface area contributed by atoms with Crippen molar-refractivity contribution in [1.29, 1.82) is 0 Å². The van der Waals surface area contributed by atoms with E-state index in [2.05, 4.69) is 26.2 Å². The van der Waals surface area contributed by atoms with E-state index in [9.17, 15) is 24.0 Å². The average Bonchev–Trinajstić information content (AvgIpc) is 2.96. The number of para-hydroxylation sites is 1. The molecule has 5 amide bonds. The highest BCUT2D eigenvalue weighted by molar-refractivity contribution is 6.01. The van der Waals surface area contributed by atoms with Crippen molar-refractivity contribution >= 4 is 29.5 Å². The van der Waals surface area contributed by atoms with Gasteiger partial charge in [0, 0.05) is 39.8 Å². The van der Waals surface area contributed by atoms with Crippen LogP contribution in [0.5, 0.6) is 5.75 Å². The van der Waals surface area contributed by atoms with E-state index in [1.54, 1.807) is 57.0 Å². The van der Waals surface area contributed by atoms with Gasteiger partial charge in [0.1, 0.15) is 30.5 Å². The van der Waals surface area contributed by atoms with Crippen LogP contribution in [0.25, 0.3) is 0 Å². The molecule has 0 aliphatic carbocycles. The molecule has 232 valence electrons. The van der Waals surface area contributed by atoms with Crippen molar-refractivity contribution in [3.8, 4) is 5.75 Å². The molecule has 1 aromatic rings. The third-order valence-corrected chi connectivity index (χ3v) is 7.32.